The molecule has 2 saturated heterocycles. The van der Waals surface area contributed by atoms with E-state index in [4.69, 9.17) is 9.47 Å². The Labute approximate surface area is 169 Å². The minimum atomic E-state index is -0.749. The molecular weight excluding hydrogens is 366 g/mol. The highest BCUT2D eigenvalue weighted by molar-refractivity contribution is 5.91. The molecule has 4 atom stereocenters. The van der Waals surface area contributed by atoms with Crippen molar-refractivity contribution < 1.29 is 19.1 Å². The topological polar surface area (TPSA) is 55.8 Å². The molecule has 5 heteroatoms. The van der Waals surface area contributed by atoms with E-state index in [-0.39, 0.29) is 24.0 Å². The van der Waals surface area contributed by atoms with Crippen LogP contribution in [0.1, 0.15) is 24.1 Å². The summed E-state index contributed by atoms with van der Waals surface area (Å²) >= 11 is 0. The summed E-state index contributed by atoms with van der Waals surface area (Å²) < 4.78 is 11.5. The van der Waals surface area contributed by atoms with Gasteiger partial charge in [-0.05, 0) is 18.1 Å². The Morgan fingerprint density at radius 1 is 1.14 bits per heavy atom. The Morgan fingerprint density at radius 3 is 2.34 bits per heavy atom. The fourth-order valence-corrected chi connectivity index (χ4v) is 5.08. The number of rotatable bonds is 5. The molecule has 2 aromatic rings. The average molecular weight is 389 g/mol. The van der Waals surface area contributed by atoms with Crippen molar-refractivity contribution in [3.63, 3.8) is 0 Å². The van der Waals surface area contributed by atoms with Crippen LogP contribution in [0.15, 0.2) is 72.8 Å². The molecular formula is C24H23NO4. The molecule has 1 spiro atoms. The molecule has 29 heavy (non-hydrogen) atoms. The number of nitrogens with zero attached hydrogens (tertiary/aromatic N) is 1. The minimum absolute atomic E-state index is 0.0485. The van der Waals surface area contributed by atoms with Gasteiger partial charge < -0.3 is 14.4 Å². The summed E-state index contributed by atoms with van der Waals surface area (Å²) in [7, 11) is 0. The van der Waals surface area contributed by atoms with Crippen LogP contribution >= 0.6 is 0 Å². The number of likely N-dealkylation sites (tertiary alicyclic amines) is 1. The third-order valence-electron chi connectivity index (χ3n) is 6.23. The monoisotopic (exact) mass is 389 g/mol. The Bertz CT molecular complexity index is 918. The molecule has 148 valence electrons. The summed E-state index contributed by atoms with van der Waals surface area (Å²) in [5.74, 6) is -1.51. The molecule has 2 fully saturated rings. The molecule has 5 nitrogen and oxygen atoms in total. The molecule has 3 aliphatic rings. The summed E-state index contributed by atoms with van der Waals surface area (Å²) in [6.07, 6.45) is 3.51. The Kier molecular flexibility index (Phi) is 4.28. The van der Waals surface area contributed by atoms with Crippen molar-refractivity contribution in [2.45, 2.75) is 24.7 Å². The molecule has 5 rings (SSSR count). The number of fused-ring (bicyclic) bond motifs is 1. The highest BCUT2D eigenvalue weighted by Crippen LogP contribution is 2.54. The molecule has 3 heterocycles. The molecule has 2 bridgehead atoms. The second-order valence-electron chi connectivity index (χ2n) is 7.84. The molecule has 0 radical (unpaired) electrons. The van der Waals surface area contributed by atoms with Crippen LogP contribution in [0.4, 0.5) is 0 Å². The van der Waals surface area contributed by atoms with Crippen LogP contribution in [-0.2, 0) is 19.1 Å². The normalized spacial score (nSPS) is 29.5. The van der Waals surface area contributed by atoms with Crippen LogP contribution in [-0.4, -0.2) is 41.6 Å². The lowest BCUT2D eigenvalue weighted by molar-refractivity contribution is -0.153. The van der Waals surface area contributed by atoms with Crippen molar-refractivity contribution in [2.75, 3.05) is 13.2 Å². The molecule has 3 aliphatic heterocycles. The van der Waals surface area contributed by atoms with Crippen molar-refractivity contribution in [3.05, 3.63) is 83.9 Å². The molecule has 0 aliphatic carbocycles. The lowest BCUT2D eigenvalue weighted by atomic mass is 9.77. The number of hydrogen-bond donors (Lipinski definition) is 0. The molecule has 0 N–H and O–H groups in total. The maximum absolute atomic E-state index is 13.7. The van der Waals surface area contributed by atoms with E-state index < -0.39 is 17.4 Å². The van der Waals surface area contributed by atoms with Crippen molar-refractivity contribution in [2.24, 2.45) is 11.8 Å². The first-order valence-corrected chi connectivity index (χ1v) is 10.1. The average Bonchev–Trinajstić information content (AvgIpc) is 3.39. The molecule has 0 saturated carbocycles. The van der Waals surface area contributed by atoms with E-state index >= 15 is 0 Å². The third-order valence-corrected chi connectivity index (χ3v) is 6.23. The number of carbonyl (C=O) groups is 2. The van der Waals surface area contributed by atoms with Crippen molar-refractivity contribution >= 4 is 11.9 Å². The first-order chi connectivity index (χ1) is 14.1. The van der Waals surface area contributed by atoms with E-state index in [1.807, 2.05) is 77.7 Å². The van der Waals surface area contributed by atoms with Crippen LogP contribution in [0, 0.1) is 11.8 Å². The predicted octanol–water partition coefficient (Wildman–Crippen LogP) is 3.12. The van der Waals surface area contributed by atoms with E-state index in [9.17, 15) is 9.59 Å². The highest BCUT2D eigenvalue weighted by Gasteiger charge is 2.68. The second kappa shape index (κ2) is 6.85. The Balaban J connectivity index is 1.55. The van der Waals surface area contributed by atoms with Crippen molar-refractivity contribution in [3.8, 4) is 0 Å². The van der Waals surface area contributed by atoms with E-state index in [1.54, 1.807) is 6.92 Å². The summed E-state index contributed by atoms with van der Waals surface area (Å²) in [6, 6.07) is 19.8. The van der Waals surface area contributed by atoms with Gasteiger partial charge in [0.1, 0.15) is 11.5 Å². The molecule has 2 aromatic carbocycles. The van der Waals surface area contributed by atoms with E-state index in [2.05, 4.69) is 0 Å². The minimum Gasteiger partial charge on any atom is -0.466 e. The fourth-order valence-electron chi connectivity index (χ4n) is 5.08. The number of esters is 1. The highest BCUT2D eigenvalue weighted by atomic mass is 16.6. The van der Waals surface area contributed by atoms with Crippen LogP contribution in [0.2, 0.25) is 0 Å². The Morgan fingerprint density at radius 2 is 1.76 bits per heavy atom. The van der Waals surface area contributed by atoms with E-state index in [0.717, 1.165) is 11.1 Å². The lowest BCUT2D eigenvalue weighted by Crippen LogP contribution is -2.40. The number of carbonyl (C=O) groups excluding carboxylic acids is 2. The van der Waals surface area contributed by atoms with Gasteiger partial charge >= 0.3 is 5.97 Å². The van der Waals surface area contributed by atoms with E-state index in [1.165, 1.54) is 0 Å². The number of hydrogen-bond acceptors (Lipinski definition) is 4. The lowest BCUT2D eigenvalue weighted by Gasteiger charge is -2.31. The van der Waals surface area contributed by atoms with Gasteiger partial charge in [0.15, 0.2) is 0 Å². The van der Waals surface area contributed by atoms with Gasteiger partial charge in [0.05, 0.1) is 31.2 Å². The van der Waals surface area contributed by atoms with Crippen LogP contribution < -0.4 is 0 Å². The van der Waals surface area contributed by atoms with Crippen LogP contribution in [0.3, 0.4) is 0 Å². The molecule has 0 aromatic heterocycles. The van der Waals surface area contributed by atoms with Gasteiger partial charge in [0, 0.05) is 0 Å². The van der Waals surface area contributed by atoms with Gasteiger partial charge in [-0.3, -0.25) is 9.59 Å². The quantitative estimate of drug-likeness (QED) is 0.582. The smallest absolute Gasteiger partial charge is 0.312 e. The summed E-state index contributed by atoms with van der Waals surface area (Å²) in [5.41, 5.74) is 1.32. The zero-order chi connectivity index (χ0) is 20.0. The Hall–Kier alpha value is -2.92. The fraction of sp³-hybridized carbons (Fsp3) is 0.333. The van der Waals surface area contributed by atoms with Crippen molar-refractivity contribution in [1.82, 2.24) is 4.90 Å². The SMILES string of the molecule is CCOC(=O)[C@@H]1[C@H]2C(=O)N(C(c3ccccc3)c3ccccc3)C[C@@]23C=C[C@H]1O3. The summed E-state index contributed by atoms with van der Waals surface area (Å²) in [5, 5.41) is 0. The maximum Gasteiger partial charge on any atom is 0.312 e. The first kappa shape index (κ1) is 18.1. The standard InChI is InChI=1S/C24H23NO4/c1-2-28-23(27)19-18-13-14-24(29-18)15-25(22(26)20(19)24)21(16-9-5-3-6-10-16)17-11-7-4-8-12-17/h3-14,18-21H,2,15H2,1H3/t18-,19+,20+,24+/m1/s1. The van der Waals surface area contributed by atoms with Crippen molar-refractivity contribution in [1.29, 1.82) is 0 Å². The zero-order valence-electron chi connectivity index (χ0n) is 16.2. The maximum atomic E-state index is 13.7. The van der Waals surface area contributed by atoms with Gasteiger partial charge in [-0.2, -0.15) is 0 Å². The predicted molar refractivity (Wildman–Crippen MR) is 107 cm³/mol. The summed E-state index contributed by atoms with van der Waals surface area (Å²) in [4.78, 5) is 28.2. The van der Waals surface area contributed by atoms with Gasteiger partial charge in [0.2, 0.25) is 5.91 Å². The van der Waals surface area contributed by atoms with Gasteiger partial charge in [-0.1, -0.05) is 72.8 Å². The summed E-state index contributed by atoms with van der Waals surface area (Å²) in [6.45, 7) is 2.50. The number of ether oxygens (including phenoxy) is 2. The van der Waals surface area contributed by atoms with Gasteiger partial charge in [-0.25, -0.2) is 0 Å². The molecule has 0 unspecified atom stereocenters. The first-order valence-electron chi connectivity index (χ1n) is 10.1. The number of amides is 1. The van der Waals surface area contributed by atoms with Gasteiger partial charge in [0.25, 0.3) is 0 Å². The second-order valence-corrected chi connectivity index (χ2v) is 7.84. The zero-order valence-corrected chi connectivity index (χ0v) is 16.2. The van der Waals surface area contributed by atoms with Crippen LogP contribution in [0.5, 0.6) is 0 Å². The van der Waals surface area contributed by atoms with E-state index in [0.29, 0.717) is 13.2 Å². The van der Waals surface area contributed by atoms with Gasteiger partial charge in [-0.15, -0.1) is 0 Å². The third kappa shape index (κ3) is 2.72. The number of benzene rings is 2. The molecule has 1 amide bonds. The van der Waals surface area contributed by atoms with Crippen LogP contribution in [0.25, 0.3) is 0 Å². The largest absolute Gasteiger partial charge is 0.466 e.